The standard InChI is InChI=1S/C26H22N4O4/c1-2-29-25(31)21-10-6-7-11-22(21)30(26(29)32)16-23-27-24(28-34-23)19-12-14-20(15-13-19)33-17-18-8-4-3-5-9-18/h3-15H,2,16-17H2,1H3. The van der Waals surface area contributed by atoms with Gasteiger partial charge in [0.15, 0.2) is 0 Å². The third-order valence-corrected chi connectivity index (χ3v) is 5.57. The molecule has 0 unspecified atom stereocenters. The Kier molecular flexibility index (Phi) is 5.78. The monoisotopic (exact) mass is 454 g/mol. The summed E-state index contributed by atoms with van der Waals surface area (Å²) in [4.78, 5) is 30.0. The Morgan fingerprint density at radius 1 is 0.882 bits per heavy atom. The predicted molar refractivity (Wildman–Crippen MR) is 128 cm³/mol. The van der Waals surface area contributed by atoms with Gasteiger partial charge in [-0.2, -0.15) is 4.98 Å². The summed E-state index contributed by atoms with van der Waals surface area (Å²) in [5.41, 5.74) is 1.66. The third kappa shape index (κ3) is 4.13. The van der Waals surface area contributed by atoms with Crippen LogP contribution in [0.3, 0.4) is 0 Å². The van der Waals surface area contributed by atoms with Gasteiger partial charge in [0.25, 0.3) is 5.56 Å². The molecule has 8 nitrogen and oxygen atoms in total. The molecule has 0 spiro atoms. The molecule has 2 heterocycles. The number of benzene rings is 3. The molecule has 0 aliphatic carbocycles. The lowest BCUT2D eigenvalue weighted by atomic mass is 10.2. The van der Waals surface area contributed by atoms with Gasteiger partial charge < -0.3 is 9.26 Å². The number of hydrogen-bond acceptors (Lipinski definition) is 6. The molecule has 34 heavy (non-hydrogen) atoms. The molecule has 0 amide bonds. The van der Waals surface area contributed by atoms with E-state index < -0.39 is 5.69 Å². The summed E-state index contributed by atoms with van der Waals surface area (Å²) in [7, 11) is 0. The van der Waals surface area contributed by atoms with Crippen molar-refractivity contribution in [2.45, 2.75) is 26.6 Å². The van der Waals surface area contributed by atoms with Gasteiger partial charge in [-0.3, -0.25) is 13.9 Å². The van der Waals surface area contributed by atoms with Crippen LogP contribution >= 0.6 is 0 Å². The summed E-state index contributed by atoms with van der Waals surface area (Å²) in [6.45, 7) is 2.58. The fraction of sp³-hybridized carbons (Fsp3) is 0.154. The summed E-state index contributed by atoms with van der Waals surface area (Å²) < 4.78 is 13.9. The highest BCUT2D eigenvalue weighted by Crippen LogP contribution is 2.21. The number of aromatic nitrogens is 4. The molecule has 0 aliphatic rings. The fourth-order valence-corrected chi connectivity index (χ4v) is 3.82. The Morgan fingerprint density at radius 3 is 2.38 bits per heavy atom. The van der Waals surface area contributed by atoms with Crippen LogP contribution in [0.5, 0.6) is 5.75 Å². The van der Waals surface area contributed by atoms with E-state index in [1.165, 1.54) is 9.13 Å². The zero-order valence-electron chi connectivity index (χ0n) is 18.5. The van der Waals surface area contributed by atoms with E-state index in [0.29, 0.717) is 23.3 Å². The van der Waals surface area contributed by atoms with Crippen LogP contribution in [0.2, 0.25) is 0 Å². The smallest absolute Gasteiger partial charge is 0.331 e. The van der Waals surface area contributed by atoms with Gasteiger partial charge in [0.1, 0.15) is 18.9 Å². The number of fused-ring (bicyclic) bond motifs is 1. The van der Waals surface area contributed by atoms with Crippen molar-refractivity contribution in [2.24, 2.45) is 0 Å². The Balaban J connectivity index is 1.37. The Labute approximate surface area is 194 Å². The van der Waals surface area contributed by atoms with E-state index in [1.807, 2.05) is 54.6 Å². The van der Waals surface area contributed by atoms with Crippen molar-refractivity contribution in [1.29, 1.82) is 0 Å². The highest BCUT2D eigenvalue weighted by molar-refractivity contribution is 5.77. The second-order valence-electron chi connectivity index (χ2n) is 7.75. The molecule has 0 N–H and O–H groups in total. The maximum atomic E-state index is 12.9. The average molecular weight is 454 g/mol. The van der Waals surface area contributed by atoms with E-state index in [2.05, 4.69) is 10.1 Å². The quantitative estimate of drug-likeness (QED) is 0.371. The first-order chi connectivity index (χ1) is 16.6. The molecule has 0 fully saturated rings. The Hall–Kier alpha value is -4.46. The van der Waals surface area contributed by atoms with Crippen LogP contribution in [-0.4, -0.2) is 19.3 Å². The lowest BCUT2D eigenvalue weighted by molar-refractivity contribution is 0.306. The number of para-hydroxylation sites is 1. The summed E-state index contributed by atoms with van der Waals surface area (Å²) in [5.74, 6) is 1.41. The van der Waals surface area contributed by atoms with Gasteiger partial charge in [0.2, 0.25) is 11.7 Å². The molecule has 170 valence electrons. The van der Waals surface area contributed by atoms with Crippen LogP contribution in [0, 0.1) is 0 Å². The van der Waals surface area contributed by atoms with E-state index in [-0.39, 0.29) is 24.5 Å². The number of ether oxygens (including phenoxy) is 1. The lowest BCUT2D eigenvalue weighted by Crippen LogP contribution is -2.39. The molecule has 0 atom stereocenters. The third-order valence-electron chi connectivity index (χ3n) is 5.57. The van der Waals surface area contributed by atoms with E-state index in [1.54, 1.807) is 31.2 Å². The van der Waals surface area contributed by atoms with Crippen molar-refractivity contribution in [3.05, 3.63) is 111 Å². The van der Waals surface area contributed by atoms with Gasteiger partial charge in [-0.25, -0.2) is 4.79 Å². The predicted octanol–water partition coefficient (Wildman–Crippen LogP) is 3.86. The largest absolute Gasteiger partial charge is 0.489 e. The van der Waals surface area contributed by atoms with E-state index in [9.17, 15) is 9.59 Å². The second kappa shape index (κ2) is 9.19. The van der Waals surface area contributed by atoms with Crippen LogP contribution in [0.4, 0.5) is 0 Å². The van der Waals surface area contributed by atoms with Crippen LogP contribution in [0.1, 0.15) is 18.4 Å². The molecule has 8 heteroatoms. The van der Waals surface area contributed by atoms with Gasteiger partial charge >= 0.3 is 5.69 Å². The summed E-state index contributed by atoms with van der Waals surface area (Å²) in [6, 6.07) is 24.4. The van der Waals surface area contributed by atoms with Crippen LogP contribution in [0.15, 0.2) is 93.0 Å². The molecule has 0 saturated carbocycles. The average Bonchev–Trinajstić information content (AvgIpc) is 3.35. The topological polar surface area (TPSA) is 92.2 Å². The first kappa shape index (κ1) is 21.4. The molecule has 0 aliphatic heterocycles. The molecular formula is C26H22N4O4. The van der Waals surface area contributed by atoms with Crippen molar-refractivity contribution in [1.82, 2.24) is 19.3 Å². The van der Waals surface area contributed by atoms with Crippen molar-refractivity contribution < 1.29 is 9.26 Å². The SMILES string of the molecule is CCn1c(=O)c2ccccc2n(Cc2nc(-c3ccc(OCc4ccccc4)cc3)no2)c1=O. The number of hydrogen-bond donors (Lipinski definition) is 0. The van der Waals surface area contributed by atoms with E-state index in [4.69, 9.17) is 9.26 Å². The van der Waals surface area contributed by atoms with Crippen molar-refractivity contribution in [2.75, 3.05) is 0 Å². The van der Waals surface area contributed by atoms with Crippen LogP contribution < -0.4 is 16.0 Å². The first-order valence-corrected chi connectivity index (χ1v) is 11.0. The molecule has 0 bridgehead atoms. The minimum Gasteiger partial charge on any atom is -0.489 e. The minimum atomic E-state index is -0.411. The highest BCUT2D eigenvalue weighted by Gasteiger charge is 2.15. The second-order valence-corrected chi connectivity index (χ2v) is 7.75. The lowest BCUT2D eigenvalue weighted by Gasteiger charge is -2.11. The van der Waals surface area contributed by atoms with E-state index in [0.717, 1.165) is 16.9 Å². The summed E-state index contributed by atoms with van der Waals surface area (Å²) in [6.07, 6.45) is 0. The van der Waals surface area contributed by atoms with Gasteiger partial charge in [0.05, 0.1) is 10.9 Å². The number of nitrogens with zero attached hydrogens (tertiary/aromatic N) is 4. The zero-order valence-corrected chi connectivity index (χ0v) is 18.5. The van der Waals surface area contributed by atoms with E-state index >= 15 is 0 Å². The summed E-state index contributed by atoms with van der Waals surface area (Å²) in [5, 5.41) is 4.53. The maximum Gasteiger partial charge on any atom is 0.331 e. The van der Waals surface area contributed by atoms with Gasteiger partial charge in [-0.15, -0.1) is 0 Å². The molecule has 5 aromatic rings. The van der Waals surface area contributed by atoms with Gasteiger partial charge in [0, 0.05) is 12.1 Å². The Bertz CT molecular complexity index is 1550. The van der Waals surface area contributed by atoms with Crippen molar-refractivity contribution in [3.8, 4) is 17.1 Å². The molecule has 3 aromatic carbocycles. The molecule has 5 rings (SSSR count). The zero-order chi connectivity index (χ0) is 23.5. The first-order valence-electron chi connectivity index (χ1n) is 11.0. The van der Waals surface area contributed by atoms with Crippen molar-refractivity contribution >= 4 is 10.9 Å². The molecule has 0 saturated heterocycles. The van der Waals surface area contributed by atoms with Crippen LogP contribution in [-0.2, 0) is 19.7 Å². The highest BCUT2D eigenvalue weighted by atomic mass is 16.5. The normalized spacial score (nSPS) is 11.1. The molecule has 2 aromatic heterocycles. The minimum absolute atomic E-state index is 0.0604. The molecule has 0 radical (unpaired) electrons. The Morgan fingerprint density at radius 2 is 1.62 bits per heavy atom. The van der Waals surface area contributed by atoms with Crippen LogP contribution in [0.25, 0.3) is 22.3 Å². The van der Waals surface area contributed by atoms with Crippen molar-refractivity contribution in [3.63, 3.8) is 0 Å². The van der Waals surface area contributed by atoms with Gasteiger partial charge in [-0.1, -0.05) is 47.6 Å². The van der Waals surface area contributed by atoms with Gasteiger partial charge in [-0.05, 0) is 48.9 Å². The summed E-state index contributed by atoms with van der Waals surface area (Å²) >= 11 is 0. The fourth-order valence-electron chi connectivity index (χ4n) is 3.82. The maximum absolute atomic E-state index is 12.9. The number of rotatable bonds is 7. The molecular weight excluding hydrogens is 432 g/mol.